The van der Waals surface area contributed by atoms with Gasteiger partial charge in [-0.1, -0.05) is 72.8 Å². The maximum atomic E-state index is 6.43. The van der Waals surface area contributed by atoms with Crippen LogP contribution in [0.1, 0.15) is 27.7 Å². The summed E-state index contributed by atoms with van der Waals surface area (Å²) in [7, 11) is -0.439. The minimum Gasteiger partial charge on any atom is -0.456 e. The summed E-state index contributed by atoms with van der Waals surface area (Å²) in [5.74, 6) is 0. The average molecular weight is 536 g/mol. The van der Waals surface area contributed by atoms with Gasteiger partial charge in [0.05, 0.1) is 11.2 Å². The Labute approximate surface area is 238 Å². The maximum Gasteiger partial charge on any atom is 0.494 e. The van der Waals surface area contributed by atoms with Gasteiger partial charge in [-0.15, -0.1) is 0 Å². The fourth-order valence-corrected chi connectivity index (χ4v) is 6.06. The standard InChI is InChI=1S/C36H29BO4/c1-35(2)36(3,4)41-37(40-35)23-17-19-29-33(21-23)39-31-15-9-13-28(34(29)31)25-11-6-5-10-24(25)22-16-18-27-26-12-7-8-14-30(26)38-32(27)20-22/h5-21H,1-4H3. The van der Waals surface area contributed by atoms with Crippen molar-refractivity contribution in [1.29, 1.82) is 0 Å². The third kappa shape index (κ3) is 3.69. The fourth-order valence-electron chi connectivity index (χ4n) is 6.06. The van der Waals surface area contributed by atoms with E-state index in [0.717, 1.165) is 71.6 Å². The second-order valence-corrected chi connectivity index (χ2v) is 12.0. The number of rotatable bonds is 3. The van der Waals surface area contributed by atoms with Crippen molar-refractivity contribution in [2.75, 3.05) is 0 Å². The van der Waals surface area contributed by atoms with Crippen LogP contribution in [-0.4, -0.2) is 18.3 Å². The van der Waals surface area contributed by atoms with Crippen molar-refractivity contribution < 1.29 is 18.1 Å². The molecule has 200 valence electrons. The molecule has 3 heterocycles. The van der Waals surface area contributed by atoms with Gasteiger partial charge >= 0.3 is 7.12 Å². The van der Waals surface area contributed by atoms with Gasteiger partial charge in [-0.3, -0.25) is 0 Å². The number of furan rings is 2. The van der Waals surface area contributed by atoms with Gasteiger partial charge < -0.3 is 18.1 Å². The molecule has 0 aliphatic carbocycles. The average Bonchev–Trinajstić information content (AvgIpc) is 3.60. The molecule has 2 aromatic heterocycles. The topological polar surface area (TPSA) is 44.7 Å². The molecular formula is C36H29BO4. The van der Waals surface area contributed by atoms with Crippen LogP contribution in [0.25, 0.3) is 66.1 Å². The third-order valence-corrected chi connectivity index (χ3v) is 8.95. The van der Waals surface area contributed by atoms with Crippen LogP contribution >= 0.6 is 0 Å². The minimum atomic E-state index is -0.439. The van der Waals surface area contributed by atoms with E-state index in [2.05, 4.69) is 113 Å². The van der Waals surface area contributed by atoms with Gasteiger partial charge in [-0.2, -0.15) is 0 Å². The number of benzene rings is 5. The highest BCUT2D eigenvalue weighted by Gasteiger charge is 2.51. The van der Waals surface area contributed by atoms with Crippen molar-refractivity contribution in [2.24, 2.45) is 0 Å². The lowest BCUT2D eigenvalue weighted by Gasteiger charge is -2.32. The van der Waals surface area contributed by atoms with Crippen molar-refractivity contribution >= 4 is 56.5 Å². The first-order chi connectivity index (χ1) is 19.8. The molecule has 0 saturated carbocycles. The summed E-state index contributed by atoms with van der Waals surface area (Å²) >= 11 is 0. The van der Waals surface area contributed by atoms with E-state index >= 15 is 0 Å². The van der Waals surface area contributed by atoms with E-state index in [-0.39, 0.29) is 0 Å². The van der Waals surface area contributed by atoms with E-state index in [1.807, 2.05) is 18.2 Å². The van der Waals surface area contributed by atoms with Crippen LogP contribution in [0.2, 0.25) is 0 Å². The quantitative estimate of drug-likeness (QED) is 0.211. The summed E-state index contributed by atoms with van der Waals surface area (Å²) in [5, 5.41) is 4.43. The Morgan fingerprint density at radius 1 is 0.488 bits per heavy atom. The number of hydrogen-bond donors (Lipinski definition) is 0. The van der Waals surface area contributed by atoms with E-state index in [1.54, 1.807) is 0 Å². The van der Waals surface area contributed by atoms with Gasteiger partial charge in [0.15, 0.2) is 0 Å². The van der Waals surface area contributed by atoms with Crippen LogP contribution in [0.15, 0.2) is 112 Å². The van der Waals surface area contributed by atoms with Crippen molar-refractivity contribution in [3.8, 4) is 22.3 Å². The second-order valence-electron chi connectivity index (χ2n) is 12.0. The largest absolute Gasteiger partial charge is 0.494 e. The molecule has 0 unspecified atom stereocenters. The summed E-state index contributed by atoms with van der Waals surface area (Å²) in [6.07, 6.45) is 0. The second kappa shape index (κ2) is 8.59. The molecule has 41 heavy (non-hydrogen) atoms. The van der Waals surface area contributed by atoms with Crippen LogP contribution in [0.5, 0.6) is 0 Å². The van der Waals surface area contributed by atoms with Gasteiger partial charge in [-0.05, 0) is 85.7 Å². The molecule has 4 nitrogen and oxygen atoms in total. The Kier molecular flexibility index (Phi) is 5.13. The van der Waals surface area contributed by atoms with Gasteiger partial charge in [-0.25, -0.2) is 0 Å². The lowest BCUT2D eigenvalue weighted by Crippen LogP contribution is -2.41. The van der Waals surface area contributed by atoms with Crippen molar-refractivity contribution in [1.82, 2.24) is 0 Å². The van der Waals surface area contributed by atoms with Crippen LogP contribution < -0.4 is 5.46 Å². The number of para-hydroxylation sites is 1. The molecule has 1 saturated heterocycles. The smallest absolute Gasteiger partial charge is 0.456 e. The van der Waals surface area contributed by atoms with Crippen molar-refractivity contribution in [3.05, 3.63) is 103 Å². The molecule has 0 spiro atoms. The van der Waals surface area contributed by atoms with Gasteiger partial charge in [0.25, 0.3) is 0 Å². The highest BCUT2D eigenvalue weighted by molar-refractivity contribution is 6.62. The molecule has 1 aliphatic heterocycles. The molecule has 5 aromatic carbocycles. The zero-order chi connectivity index (χ0) is 27.9. The predicted molar refractivity (Wildman–Crippen MR) is 168 cm³/mol. The Balaban J connectivity index is 1.26. The van der Waals surface area contributed by atoms with E-state index in [4.69, 9.17) is 18.1 Å². The van der Waals surface area contributed by atoms with E-state index in [0.29, 0.717) is 0 Å². The first-order valence-electron chi connectivity index (χ1n) is 14.1. The Hall–Kier alpha value is -4.32. The molecule has 5 heteroatoms. The maximum absolute atomic E-state index is 6.43. The fraction of sp³-hybridized carbons (Fsp3) is 0.167. The summed E-state index contributed by atoms with van der Waals surface area (Å²) < 4.78 is 25.3. The monoisotopic (exact) mass is 536 g/mol. The number of hydrogen-bond acceptors (Lipinski definition) is 4. The third-order valence-electron chi connectivity index (χ3n) is 8.95. The van der Waals surface area contributed by atoms with Crippen LogP contribution in [-0.2, 0) is 9.31 Å². The summed E-state index contributed by atoms with van der Waals surface area (Å²) in [6.45, 7) is 8.29. The summed E-state index contributed by atoms with van der Waals surface area (Å²) in [5.41, 5.74) is 8.15. The van der Waals surface area contributed by atoms with Crippen molar-refractivity contribution in [2.45, 2.75) is 38.9 Å². The van der Waals surface area contributed by atoms with Gasteiger partial charge in [0.1, 0.15) is 22.3 Å². The van der Waals surface area contributed by atoms with Crippen LogP contribution in [0, 0.1) is 0 Å². The predicted octanol–water partition coefficient (Wildman–Crippen LogP) is 9.12. The molecule has 7 aromatic rings. The molecular weight excluding hydrogens is 507 g/mol. The Bertz CT molecular complexity index is 2110. The Morgan fingerprint density at radius 2 is 1.10 bits per heavy atom. The SMILES string of the molecule is CC1(C)OB(c2ccc3c(c2)oc2cccc(-c4ccccc4-c4ccc5c(c4)oc4ccccc45)c23)OC1(C)C. The highest BCUT2D eigenvalue weighted by Crippen LogP contribution is 2.42. The summed E-state index contributed by atoms with van der Waals surface area (Å²) in [4.78, 5) is 0. The minimum absolute atomic E-state index is 0.400. The first-order valence-corrected chi connectivity index (χ1v) is 14.1. The lowest BCUT2D eigenvalue weighted by molar-refractivity contribution is 0.00578. The molecule has 0 atom stereocenters. The zero-order valence-electron chi connectivity index (χ0n) is 23.5. The molecule has 1 aliphatic rings. The highest BCUT2D eigenvalue weighted by atomic mass is 16.7. The molecule has 1 fully saturated rings. The summed E-state index contributed by atoms with van der Waals surface area (Å²) in [6, 6.07) is 35.8. The molecule has 0 N–H and O–H groups in total. The molecule has 0 bridgehead atoms. The normalized spacial score (nSPS) is 16.4. The Morgan fingerprint density at radius 3 is 1.93 bits per heavy atom. The van der Waals surface area contributed by atoms with Crippen LogP contribution in [0.3, 0.4) is 0 Å². The lowest BCUT2D eigenvalue weighted by atomic mass is 9.79. The van der Waals surface area contributed by atoms with Crippen LogP contribution in [0.4, 0.5) is 0 Å². The van der Waals surface area contributed by atoms with E-state index < -0.39 is 18.3 Å². The van der Waals surface area contributed by atoms with Gasteiger partial charge in [0, 0.05) is 21.5 Å². The molecule has 8 rings (SSSR count). The molecule has 0 radical (unpaired) electrons. The van der Waals surface area contributed by atoms with E-state index in [1.165, 1.54) is 0 Å². The first kappa shape index (κ1) is 24.5. The zero-order valence-corrected chi connectivity index (χ0v) is 23.5. The van der Waals surface area contributed by atoms with E-state index in [9.17, 15) is 0 Å². The van der Waals surface area contributed by atoms with Crippen molar-refractivity contribution in [3.63, 3.8) is 0 Å². The molecule has 0 amide bonds. The number of fused-ring (bicyclic) bond motifs is 6. The van der Waals surface area contributed by atoms with Gasteiger partial charge in [0.2, 0.25) is 0 Å².